The maximum Gasteiger partial charge on any atom is 0.335 e. The molecule has 0 atom stereocenters. The normalized spacial score (nSPS) is 10.1. The number of nitrogens with zero attached hydrogens (tertiary/aromatic N) is 1. The first kappa shape index (κ1) is 14.8. The number of hydrogen-bond acceptors (Lipinski definition) is 4. The average Bonchev–Trinajstić information content (AvgIpc) is 2.73. The van der Waals surface area contributed by atoms with E-state index in [0.29, 0.717) is 5.13 Å². The van der Waals surface area contributed by atoms with Crippen LogP contribution in [-0.4, -0.2) is 22.1 Å². The van der Waals surface area contributed by atoms with Crippen LogP contribution in [0.1, 0.15) is 10.4 Å². The Kier molecular flexibility index (Phi) is 4.58. The molecular formula is C11H7BrClN3O3S. The van der Waals surface area contributed by atoms with Gasteiger partial charge in [-0.1, -0.05) is 22.9 Å². The second kappa shape index (κ2) is 6.21. The van der Waals surface area contributed by atoms with Crippen molar-refractivity contribution in [2.24, 2.45) is 0 Å². The zero-order valence-corrected chi connectivity index (χ0v) is 12.8. The number of carboxylic acids is 1. The van der Waals surface area contributed by atoms with E-state index >= 15 is 0 Å². The lowest BCUT2D eigenvalue weighted by Gasteiger charge is -2.07. The van der Waals surface area contributed by atoms with Crippen molar-refractivity contribution >= 4 is 61.7 Å². The van der Waals surface area contributed by atoms with Crippen molar-refractivity contribution in [3.8, 4) is 0 Å². The van der Waals surface area contributed by atoms with E-state index in [9.17, 15) is 9.59 Å². The molecule has 0 bridgehead atoms. The molecule has 0 fully saturated rings. The monoisotopic (exact) mass is 375 g/mol. The van der Waals surface area contributed by atoms with Crippen LogP contribution in [0.5, 0.6) is 0 Å². The molecule has 3 N–H and O–H groups in total. The van der Waals surface area contributed by atoms with Gasteiger partial charge in [0.2, 0.25) is 0 Å². The van der Waals surface area contributed by atoms with E-state index in [2.05, 4.69) is 31.5 Å². The van der Waals surface area contributed by atoms with Crippen molar-refractivity contribution in [3.05, 3.63) is 38.8 Å². The molecular weight excluding hydrogens is 370 g/mol. The molecule has 0 saturated carbocycles. The van der Waals surface area contributed by atoms with Crippen LogP contribution in [0.25, 0.3) is 0 Å². The molecule has 1 aromatic heterocycles. The zero-order valence-electron chi connectivity index (χ0n) is 9.68. The highest BCUT2D eigenvalue weighted by atomic mass is 79.9. The SMILES string of the molecule is O=C(Nc1cc(Cl)cc(C(=O)O)c1)Nc1ncc(Br)s1. The van der Waals surface area contributed by atoms with Gasteiger partial charge in [-0.05, 0) is 34.1 Å². The number of thiazole rings is 1. The molecule has 0 radical (unpaired) electrons. The maximum atomic E-state index is 11.7. The van der Waals surface area contributed by atoms with E-state index in [1.807, 2.05) is 0 Å². The predicted molar refractivity (Wildman–Crippen MR) is 80.9 cm³/mol. The van der Waals surface area contributed by atoms with Crippen molar-refractivity contribution in [2.45, 2.75) is 0 Å². The van der Waals surface area contributed by atoms with Gasteiger partial charge in [-0.15, -0.1) is 0 Å². The summed E-state index contributed by atoms with van der Waals surface area (Å²) in [4.78, 5) is 26.5. The molecule has 0 saturated heterocycles. The molecule has 104 valence electrons. The molecule has 2 rings (SSSR count). The summed E-state index contributed by atoms with van der Waals surface area (Å²) in [6.07, 6.45) is 1.56. The first-order valence-corrected chi connectivity index (χ1v) is 7.16. The average molecular weight is 377 g/mol. The van der Waals surface area contributed by atoms with E-state index in [1.165, 1.54) is 29.5 Å². The standard InChI is InChI=1S/C11H7BrClN3O3S/c12-8-4-14-11(20-8)16-10(19)15-7-2-5(9(17)18)1-6(13)3-7/h1-4H,(H,17,18)(H2,14,15,16,19). The number of carbonyl (C=O) groups excluding carboxylic acids is 1. The number of benzene rings is 1. The summed E-state index contributed by atoms with van der Waals surface area (Å²) in [5, 5.41) is 14.5. The van der Waals surface area contributed by atoms with Gasteiger partial charge in [0.25, 0.3) is 0 Å². The van der Waals surface area contributed by atoms with Crippen LogP contribution < -0.4 is 10.6 Å². The van der Waals surface area contributed by atoms with Gasteiger partial charge in [-0.3, -0.25) is 5.32 Å². The maximum absolute atomic E-state index is 11.7. The number of carboxylic acid groups (broad SMARTS) is 1. The molecule has 0 spiro atoms. The summed E-state index contributed by atoms with van der Waals surface area (Å²) in [6.45, 7) is 0. The van der Waals surface area contributed by atoms with E-state index in [0.717, 1.165) is 3.79 Å². The van der Waals surface area contributed by atoms with E-state index < -0.39 is 12.0 Å². The summed E-state index contributed by atoms with van der Waals surface area (Å²) in [5.41, 5.74) is 0.271. The molecule has 0 aliphatic heterocycles. The number of aromatic nitrogens is 1. The Morgan fingerprint density at radius 1 is 1.30 bits per heavy atom. The fourth-order valence-electron chi connectivity index (χ4n) is 1.36. The number of urea groups is 1. The Morgan fingerprint density at radius 2 is 2.05 bits per heavy atom. The molecule has 0 unspecified atom stereocenters. The summed E-state index contributed by atoms with van der Waals surface area (Å²) >= 11 is 10.3. The number of anilines is 2. The highest BCUT2D eigenvalue weighted by Crippen LogP contribution is 2.24. The quantitative estimate of drug-likeness (QED) is 0.757. The molecule has 9 heteroatoms. The highest BCUT2D eigenvalue weighted by molar-refractivity contribution is 9.11. The molecule has 6 nitrogen and oxygen atoms in total. The topological polar surface area (TPSA) is 91.3 Å². The lowest BCUT2D eigenvalue weighted by molar-refractivity contribution is 0.0697. The Hall–Kier alpha value is -1.64. The van der Waals surface area contributed by atoms with Crippen LogP contribution in [0.3, 0.4) is 0 Å². The van der Waals surface area contributed by atoms with Crippen molar-refractivity contribution in [2.75, 3.05) is 10.6 Å². The van der Waals surface area contributed by atoms with Crippen LogP contribution in [0.2, 0.25) is 5.02 Å². The lowest BCUT2D eigenvalue weighted by Crippen LogP contribution is -2.19. The molecule has 2 amide bonds. The van der Waals surface area contributed by atoms with Crippen molar-refractivity contribution in [1.82, 2.24) is 4.98 Å². The molecule has 1 heterocycles. The van der Waals surface area contributed by atoms with Gasteiger partial charge >= 0.3 is 12.0 Å². The lowest BCUT2D eigenvalue weighted by atomic mass is 10.2. The minimum absolute atomic E-state index is 0.00945. The summed E-state index contributed by atoms with van der Waals surface area (Å²) in [7, 11) is 0. The number of carbonyl (C=O) groups is 2. The van der Waals surface area contributed by atoms with Gasteiger partial charge < -0.3 is 10.4 Å². The Balaban J connectivity index is 2.09. The summed E-state index contributed by atoms with van der Waals surface area (Å²) < 4.78 is 0.781. The third-order valence-electron chi connectivity index (χ3n) is 2.10. The van der Waals surface area contributed by atoms with E-state index in [-0.39, 0.29) is 16.3 Å². The smallest absolute Gasteiger partial charge is 0.335 e. The number of rotatable bonds is 3. The minimum Gasteiger partial charge on any atom is -0.478 e. The van der Waals surface area contributed by atoms with E-state index in [1.54, 1.807) is 6.20 Å². The van der Waals surface area contributed by atoms with Crippen LogP contribution >= 0.6 is 38.9 Å². The number of nitrogens with one attached hydrogen (secondary N) is 2. The number of halogens is 2. The Labute approximate surface area is 130 Å². The molecule has 2 aromatic rings. The second-order valence-corrected chi connectivity index (χ2v) is 6.43. The van der Waals surface area contributed by atoms with Crippen LogP contribution in [0.15, 0.2) is 28.2 Å². The third-order valence-corrected chi connectivity index (χ3v) is 3.71. The molecule has 20 heavy (non-hydrogen) atoms. The summed E-state index contributed by atoms with van der Waals surface area (Å²) in [5.74, 6) is -1.13. The largest absolute Gasteiger partial charge is 0.478 e. The van der Waals surface area contributed by atoms with Gasteiger partial charge in [0.15, 0.2) is 5.13 Å². The number of aromatic carboxylic acids is 1. The fourth-order valence-corrected chi connectivity index (χ4v) is 2.69. The van der Waals surface area contributed by atoms with Gasteiger partial charge in [0.05, 0.1) is 15.5 Å². The van der Waals surface area contributed by atoms with Crippen LogP contribution in [-0.2, 0) is 0 Å². The van der Waals surface area contributed by atoms with Gasteiger partial charge in [0.1, 0.15) is 0 Å². The second-order valence-electron chi connectivity index (χ2n) is 3.58. The fraction of sp³-hybridized carbons (Fsp3) is 0. The first-order valence-electron chi connectivity index (χ1n) is 5.17. The Bertz CT molecular complexity index is 677. The first-order chi connectivity index (χ1) is 9.44. The molecule has 1 aromatic carbocycles. The Morgan fingerprint density at radius 3 is 2.65 bits per heavy atom. The molecule has 0 aliphatic carbocycles. The predicted octanol–water partition coefficient (Wildman–Crippen LogP) is 3.90. The minimum atomic E-state index is -1.13. The summed E-state index contributed by atoms with van der Waals surface area (Å²) in [6, 6.07) is 3.52. The van der Waals surface area contributed by atoms with Crippen LogP contribution in [0.4, 0.5) is 15.6 Å². The van der Waals surface area contributed by atoms with E-state index in [4.69, 9.17) is 16.7 Å². The molecule has 0 aliphatic rings. The van der Waals surface area contributed by atoms with Gasteiger partial charge in [-0.25, -0.2) is 14.6 Å². The highest BCUT2D eigenvalue weighted by Gasteiger charge is 2.10. The van der Waals surface area contributed by atoms with Crippen LogP contribution in [0, 0.1) is 0 Å². The van der Waals surface area contributed by atoms with Gasteiger partial charge in [-0.2, -0.15) is 0 Å². The number of hydrogen-bond donors (Lipinski definition) is 3. The number of amides is 2. The van der Waals surface area contributed by atoms with Crippen molar-refractivity contribution in [3.63, 3.8) is 0 Å². The third kappa shape index (κ3) is 3.92. The zero-order chi connectivity index (χ0) is 14.7. The van der Waals surface area contributed by atoms with Gasteiger partial charge in [0, 0.05) is 10.7 Å². The van der Waals surface area contributed by atoms with Crippen molar-refractivity contribution < 1.29 is 14.7 Å². The van der Waals surface area contributed by atoms with Crippen molar-refractivity contribution in [1.29, 1.82) is 0 Å².